The molecule has 3 N–H and O–H groups in total. The first-order valence-electron chi connectivity index (χ1n) is 7.11. The first kappa shape index (κ1) is 13.9. The highest BCUT2D eigenvalue weighted by Gasteiger charge is 2.36. The van der Waals surface area contributed by atoms with E-state index < -0.39 is 0 Å². The van der Waals surface area contributed by atoms with Crippen LogP contribution < -0.4 is 11.1 Å². The van der Waals surface area contributed by atoms with Crippen LogP contribution in [0.1, 0.15) is 45.1 Å². The third kappa shape index (κ3) is 3.49. The fraction of sp³-hybridized carbons (Fsp3) is 0.562. The molecule has 1 aromatic carbocycles. The number of carbonyl (C=O) groups excluding carboxylic acids is 1. The third-order valence-electron chi connectivity index (χ3n) is 4.27. The van der Waals surface area contributed by atoms with E-state index in [4.69, 9.17) is 5.73 Å². The largest absolute Gasteiger partial charge is 0.399 e. The van der Waals surface area contributed by atoms with Gasteiger partial charge in [0, 0.05) is 18.2 Å². The van der Waals surface area contributed by atoms with Crippen molar-refractivity contribution in [3.63, 3.8) is 0 Å². The summed E-state index contributed by atoms with van der Waals surface area (Å²) in [6.07, 6.45) is 4.58. The minimum atomic E-state index is 0.128. The summed E-state index contributed by atoms with van der Waals surface area (Å²) in [5, 5.41) is 3.06. The van der Waals surface area contributed by atoms with Crippen LogP contribution in [0.15, 0.2) is 24.3 Å². The Morgan fingerprint density at radius 1 is 1.32 bits per heavy atom. The highest BCUT2D eigenvalue weighted by Crippen LogP contribution is 2.40. The van der Waals surface area contributed by atoms with Crippen molar-refractivity contribution in [2.75, 3.05) is 5.73 Å². The molecule has 0 aliphatic heterocycles. The lowest BCUT2D eigenvalue weighted by atomic mass is 9.68. The van der Waals surface area contributed by atoms with Crippen molar-refractivity contribution in [2.24, 2.45) is 11.3 Å². The number of rotatable bonds is 3. The lowest BCUT2D eigenvalue weighted by Gasteiger charge is -2.37. The number of nitrogen functional groups attached to an aromatic ring is 1. The fourth-order valence-corrected chi connectivity index (χ4v) is 2.93. The summed E-state index contributed by atoms with van der Waals surface area (Å²) in [7, 11) is 0. The van der Waals surface area contributed by atoms with Crippen LogP contribution in [0.2, 0.25) is 0 Å². The Bertz CT molecular complexity index is 437. The molecule has 0 saturated heterocycles. The Morgan fingerprint density at radius 2 is 2.00 bits per heavy atom. The molecule has 3 heteroatoms. The van der Waals surface area contributed by atoms with Crippen molar-refractivity contribution in [3.05, 3.63) is 29.8 Å². The molecule has 1 amide bonds. The van der Waals surface area contributed by atoms with Crippen molar-refractivity contribution >= 4 is 11.6 Å². The van der Waals surface area contributed by atoms with E-state index in [0.29, 0.717) is 6.54 Å². The van der Waals surface area contributed by atoms with Crippen LogP contribution in [0.25, 0.3) is 0 Å². The summed E-state index contributed by atoms with van der Waals surface area (Å²) in [5.41, 5.74) is 7.62. The summed E-state index contributed by atoms with van der Waals surface area (Å²) >= 11 is 0. The highest BCUT2D eigenvalue weighted by atomic mass is 16.1. The molecule has 1 unspecified atom stereocenters. The van der Waals surface area contributed by atoms with E-state index in [2.05, 4.69) is 19.2 Å². The van der Waals surface area contributed by atoms with Crippen LogP contribution in [-0.2, 0) is 11.3 Å². The highest BCUT2D eigenvalue weighted by molar-refractivity contribution is 5.79. The van der Waals surface area contributed by atoms with Crippen LogP contribution in [-0.4, -0.2) is 5.91 Å². The molecule has 2 rings (SSSR count). The Kier molecular flexibility index (Phi) is 4.13. The van der Waals surface area contributed by atoms with Crippen LogP contribution in [0.4, 0.5) is 5.69 Å². The first-order valence-corrected chi connectivity index (χ1v) is 7.11. The normalized spacial score (nSPS) is 21.9. The Balaban J connectivity index is 1.92. The number of carbonyl (C=O) groups is 1. The van der Waals surface area contributed by atoms with Gasteiger partial charge < -0.3 is 11.1 Å². The second kappa shape index (κ2) is 5.64. The smallest absolute Gasteiger partial charge is 0.223 e. The maximum absolute atomic E-state index is 12.3. The maximum atomic E-state index is 12.3. The first-order chi connectivity index (χ1) is 8.99. The summed E-state index contributed by atoms with van der Waals surface area (Å²) in [4.78, 5) is 12.3. The molecular weight excluding hydrogens is 236 g/mol. The number of hydrogen-bond acceptors (Lipinski definition) is 2. The number of nitrogens with two attached hydrogens (primary N) is 1. The predicted molar refractivity (Wildman–Crippen MR) is 78.4 cm³/mol. The zero-order valence-electron chi connectivity index (χ0n) is 11.9. The molecule has 104 valence electrons. The predicted octanol–water partition coefficient (Wildman–Crippen LogP) is 3.10. The van der Waals surface area contributed by atoms with Gasteiger partial charge in [0.2, 0.25) is 5.91 Å². The van der Waals surface area contributed by atoms with Gasteiger partial charge in [-0.1, -0.05) is 38.8 Å². The van der Waals surface area contributed by atoms with Crippen LogP contribution in [0.3, 0.4) is 0 Å². The van der Waals surface area contributed by atoms with Gasteiger partial charge >= 0.3 is 0 Å². The average molecular weight is 260 g/mol. The van der Waals surface area contributed by atoms with Gasteiger partial charge in [-0.25, -0.2) is 0 Å². The summed E-state index contributed by atoms with van der Waals surface area (Å²) in [6.45, 7) is 5.00. The summed E-state index contributed by atoms with van der Waals surface area (Å²) in [6, 6.07) is 7.65. The monoisotopic (exact) mass is 260 g/mol. The van der Waals surface area contributed by atoms with E-state index in [1.165, 1.54) is 12.8 Å². The molecular formula is C16H24N2O. The quantitative estimate of drug-likeness (QED) is 0.820. The van der Waals surface area contributed by atoms with Crippen LogP contribution >= 0.6 is 0 Å². The van der Waals surface area contributed by atoms with Gasteiger partial charge in [0.25, 0.3) is 0 Å². The average Bonchev–Trinajstić information content (AvgIpc) is 2.37. The van der Waals surface area contributed by atoms with Gasteiger partial charge in [-0.15, -0.1) is 0 Å². The summed E-state index contributed by atoms with van der Waals surface area (Å²) in [5.74, 6) is 0.344. The topological polar surface area (TPSA) is 55.1 Å². The van der Waals surface area contributed by atoms with Crippen molar-refractivity contribution in [1.82, 2.24) is 5.32 Å². The van der Waals surface area contributed by atoms with E-state index in [1.54, 1.807) is 0 Å². The molecule has 1 aromatic rings. The number of benzene rings is 1. The molecule has 0 radical (unpaired) electrons. The maximum Gasteiger partial charge on any atom is 0.223 e. The van der Waals surface area contributed by atoms with E-state index in [9.17, 15) is 4.79 Å². The zero-order valence-corrected chi connectivity index (χ0v) is 11.9. The zero-order chi connectivity index (χ0) is 13.9. The molecule has 1 atom stereocenters. The third-order valence-corrected chi connectivity index (χ3v) is 4.27. The van der Waals surface area contributed by atoms with Gasteiger partial charge in [-0.2, -0.15) is 0 Å². The molecule has 0 spiro atoms. The SMILES string of the molecule is CC1(C)CCCCC1C(=O)NCc1ccc(N)cc1. The van der Waals surface area contributed by atoms with Gasteiger partial charge in [0.15, 0.2) is 0 Å². The Morgan fingerprint density at radius 3 is 2.63 bits per heavy atom. The van der Waals surface area contributed by atoms with Crippen molar-refractivity contribution in [1.29, 1.82) is 0 Å². The van der Waals surface area contributed by atoms with Gasteiger partial charge in [0.1, 0.15) is 0 Å². The summed E-state index contributed by atoms with van der Waals surface area (Å²) < 4.78 is 0. The molecule has 1 aliphatic rings. The number of anilines is 1. The number of amides is 1. The molecule has 1 fully saturated rings. The van der Waals surface area contributed by atoms with Crippen LogP contribution in [0.5, 0.6) is 0 Å². The van der Waals surface area contributed by atoms with Crippen molar-refractivity contribution in [3.8, 4) is 0 Å². The van der Waals surface area contributed by atoms with Gasteiger partial charge in [-0.3, -0.25) is 4.79 Å². The minimum Gasteiger partial charge on any atom is -0.399 e. The van der Waals surface area contributed by atoms with Crippen LogP contribution in [0, 0.1) is 11.3 Å². The van der Waals surface area contributed by atoms with Crippen molar-refractivity contribution in [2.45, 2.75) is 46.1 Å². The van der Waals surface area contributed by atoms with Crippen molar-refractivity contribution < 1.29 is 4.79 Å². The molecule has 0 bridgehead atoms. The molecule has 3 nitrogen and oxygen atoms in total. The molecule has 0 heterocycles. The van der Waals surface area contributed by atoms with Gasteiger partial charge in [0.05, 0.1) is 0 Å². The second-order valence-electron chi connectivity index (χ2n) is 6.25. The van der Waals surface area contributed by atoms with Gasteiger partial charge in [-0.05, 0) is 36.0 Å². The van der Waals surface area contributed by atoms with E-state index in [-0.39, 0.29) is 17.2 Å². The van der Waals surface area contributed by atoms with E-state index >= 15 is 0 Å². The molecule has 1 saturated carbocycles. The number of nitrogens with one attached hydrogen (secondary N) is 1. The standard InChI is InChI=1S/C16H24N2O/c1-16(2)10-4-3-5-14(16)15(19)18-11-12-6-8-13(17)9-7-12/h6-9,14H,3-5,10-11,17H2,1-2H3,(H,18,19). The second-order valence-corrected chi connectivity index (χ2v) is 6.25. The Hall–Kier alpha value is -1.51. The molecule has 0 aromatic heterocycles. The Labute approximate surface area is 115 Å². The molecule has 19 heavy (non-hydrogen) atoms. The molecule has 1 aliphatic carbocycles. The fourth-order valence-electron chi connectivity index (χ4n) is 2.93. The number of hydrogen-bond donors (Lipinski definition) is 2. The minimum absolute atomic E-state index is 0.128. The lowest BCUT2D eigenvalue weighted by Crippen LogP contribution is -2.40. The lowest BCUT2D eigenvalue weighted by molar-refractivity contribution is -0.130. The van der Waals surface area contributed by atoms with E-state index in [1.807, 2.05) is 24.3 Å². The van der Waals surface area contributed by atoms with E-state index in [0.717, 1.165) is 24.1 Å².